The molecule has 4 aliphatic rings. The average Bonchev–Trinajstić information content (AvgIpc) is 3.34. The van der Waals surface area contributed by atoms with Crippen LogP contribution in [0, 0.1) is 0 Å². The molecule has 4 aromatic rings. The van der Waals surface area contributed by atoms with E-state index < -0.39 is 0 Å². The van der Waals surface area contributed by atoms with Gasteiger partial charge in [-0.2, -0.15) is 0 Å². The maximum Gasteiger partial charge on any atom is 0.0977 e. The van der Waals surface area contributed by atoms with Gasteiger partial charge < -0.3 is 0 Å². The van der Waals surface area contributed by atoms with Crippen LogP contribution in [0.5, 0.6) is 0 Å². The number of thioether (sulfide) groups is 1. The molecule has 0 saturated heterocycles. The molecular formula is C26H16S2. The Morgan fingerprint density at radius 1 is 0.679 bits per heavy atom. The molecule has 2 heterocycles. The number of hydrogen-bond acceptors (Lipinski definition) is 2. The summed E-state index contributed by atoms with van der Waals surface area (Å²) >= 11 is 3.95. The second-order valence-electron chi connectivity index (χ2n) is 7.66. The van der Waals surface area contributed by atoms with Crippen molar-refractivity contribution in [2.75, 3.05) is 0 Å². The van der Waals surface area contributed by atoms with Crippen LogP contribution >= 0.6 is 23.1 Å². The SMILES string of the molecule is c1ccc(C2=C3c4sccc4SC34c3ccccc3C2c2ccccc24)cc1. The second-order valence-corrected chi connectivity index (χ2v) is 9.83. The number of benzene rings is 3. The van der Waals surface area contributed by atoms with Crippen LogP contribution in [0.25, 0.3) is 11.1 Å². The molecule has 0 amide bonds. The molecule has 3 aliphatic carbocycles. The van der Waals surface area contributed by atoms with Crippen LogP contribution in [-0.2, 0) is 4.75 Å². The van der Waals surface area contributed by atoms with Gasteiger partial charge in [-0.15, -0.1) is 23.1 Å². The fraction of sp³-hybridized carbons (Fsp3) is 0.0769. The summed E-state index contributed by atoms with van der Waals surface area (Å²) in [4.78, 5) is 2.90. The average molecular weight is 393 g/mol. The van der Waals surface area contributed by atoms with E-state index in [0.717, 1.165) is 0 Å². The second kappa shape index (κ2) is 5.28. The van der Waals surface area contributed by atoms with Gasteiger partial charge in [0.1, 0.15) is 0 Å². The topological polar surface area (TPSA) is 0 Å². The lowest BCUT2D eigenvalue weighted by Gasteiger charge is -2.48. The zero-order valence-corrected chi connectivity index (χ0v) is 16.7. The summed E-state index contributed by atoms with van der Waals surface area (Å²) in [5.74, 6) is 0.306. The minimum absolute atomic E-state index is 0.116. The van der Waals surface area contributed by atoms with E-state index in [-0.39, 0.29) is 4.75 Å². The van der Waals surface area contributed by atoms with Crippen molar-refractivity contribution in [3.8, 4) is 0 Å². The summed E-state index contributed by atoms with van der Waals surface area (Å²) < 4.78 is -0.116. The number of rotatable bonds is 1. The van der Waals surface area contributed by atoms with Gasteiger partial charge in [0.25, 0.3) is 0 Å². The normalized spacial score (nSPS) is 23.2. The zero-order valence-electron chi connectivity index (χ0n) is 15.1. The maximum absolute atomic E-state index is 2.36. The quantitative estimate of drug-likeness (QED) is 0.331. The zero-order chi connectivity index (χ0) is 18.3. The highest BCUT2D eigenvalue weighted by molar-refractivity contribution is 8.01. The standard InChI is InChI=1S/C26H16S2/c1-2-8-16(9-3-1)22-23-17-10-4-6-12-19(17)26(20-13-7-5-11-18(20)23)24(22)25-21(28-26)14-15-27-25/h1-15,23H. The largest absolute Gasteiger partial charge is 0.143 e. The fourth-order valence-electron chi connectivity index (χ4n) is 5.46. The number of hydrogen-bond donors (Lipinski definition) is 0. The molecule has 1 aromatic heterocycles. The van der Waals surface area contributed by atoms with Crippen molar-refractivity contribution in [1.82, 2.24) is 0 Å². The van der Waals surface area contributed by atoms with Crippen LogP contribution in [0.1, 0.15) is 38.6 Å². The Morgan fingerprint density at radius 2 is 1.32 bits per heavy atom. The van der Waals surface area contributed by atoms with Crippen LogP contribution in [0.4, 0.5) is 0 Å². The smallest absolute Gasteiger partial charge is 0.0977 e. The Bertz CT molecular complexity index is 1250. The third-order valence-corrected chi connectivity index (χ3v) is 8.99. The van der Waals surface area contributed by atoms with Gasteiger partial charge >= 0.3 is 0 Å². The van der Waals surface area contributed by atoms with E-state index >= 15 is 0 Å². The molecule has 3 aromatic carbocycles. The summed E-state index contributed by atoms with van der Waals surface area (Å²) in [5, 5.41) is 2.25. The summed E-state index contributed by atoms with van der Waals surface area (Å²) in [5.41, 5.74) is 10.3. The summed E-state index contributed by atoms with van der Waals surface area (Å²) in [6.45, 7) is 0. The molecule has 0 N–H and O–H groups in total. The first-order chi connectivity index (χ1) is 13.9. The van der Waals surface area contributed by atoms with Crippen molar-refractivity contribution in [2.24, 2.45) is 0 Å². The number of thiophene rings is 1. The van der Waals surface area contributed by atoms with Crippen LogP contribution < -0.4 is 0 Å². The van der Waals surface area contributed by atoms with Gasteiger partial charge in [0.05, 0.1) is 4.75 Å². The third-order valence-electron chi connectivity index (χ3n) is 6.42. The highest BCUT2D eigenvalue weighted by Crippen LogP contribution is 2.73. The Balaban J connectivity index is 1.70. The van der Waals surface area contributed by atoms with Crippen molar-refractivity contribution in [2.45, 2.75) is 15.6 Å². The predicted octanol–water partition coefficient (Wildman–Crippen LogP) is 7.17. The molecule has 0 saturated carbocycles. The van der Waals surface area contributed by atoms with Gasteiger partial charge in [-0.3, -0.25) is 0 Å². The minimum atomic E-state index is -0.116. The highest BCUT2D eigenvalue weighted by Gasteiger charge is 2.57. The molecular weight excluding hydrogens is 376 g/mol. The van der Waals surface area contributed by atoms with Gasteiger partial charge in [0, 0.05) is 21.3 Å². The molecule has 0 unspecified atom stereocenters. The van der Waals surface area contributed by atoms with E-state index in [4.69, 9.17) is 0 Å². The molecule has 0 nitrogen and oxygen atoms in total. The monoisotopic (exact) mass is 392 g/mol. The van der Waals surface area contributed by atoms with Crippen LogP contribution in [0.3, 0.4) is 0 Å². The van der Waals surface area contributed by atoms with Crippen LogP contribution in [-0.4, -0.2) is 0 Å². The first kappa shape index (κ1) is 15.4. The van der Waals surface area contributed by atoms with Gasteiger partial charge in [0.2, 0.25) is 0 Å². The minimum Gasteiger partial charge on any atom is -0.143 e. The molecule has 0 radical (unpaired) electrons. The number of fused-ring (bicyclic) bond motifs is 1. The molecule has 1 spiro atoms. The summed E-state index contributed by atoms with van der Waals surface area (Å²) in [7, 11) is 0. The van der Waals surface area contributed by atoms with E-state index in [2.05, 4.69) is 90.3 Å². The molecule has 1 aliphatic heterocycles. The van der Waals surface area contributed by atoms with Crippen LogP contribution in [0.2, 0.25) is 0 Å². The molecule has 0 fully saturated rings. The number of allylic oxidation sites excluding steroid dienone is 1. The molecule has 0 atom stereocenters. The maximum atomic E-state index is 2.36. The lowest BCUT2D eigenvalue weighted by Crippen LogP contribution is -2.37. The van der Waals surface area contributed by atoms with Gasteiger partial charge in [-0.1, -0.05) is 78.9 Å². The van der Waals surface area contributed by atoms with E-state index in [1.165, 1.54) is 48.7 Å². The molecule has 28 heavy (non-hydrogen) atoms. The van der Waals surface area contributed by atoms with E-state index in [0.29, 0.717) is 5.92 Å². The fourth-order valence-corrected chi connectivity index (χ4v) is 8.35. The lowest BCUT2D eigenvalue weighted by atomic mass is 9.59. The Morgan fingerprint density at radius 3 is 2.04 bits per heavy atom. The van der Waals surface area contributed by atoms with Crippen LogP contribution in [0.15, 0.2) is 95.2 Å². The predicted molar refractivity (Wildman–Crippen MR) is 119 cm³/mol. The molecule has 132 valence electrons. The molecule has 2 heteroatoms. The highest BCUT2D eigenvalue weighted by atomic mass is 32.2. The molecule has 2 bridgehead atoms. The summed E-state index contributed by atoms with van der Waals surface area (Å²) in [6, 6.07) is 31.6. The Labute approximate surface area is 172 Å². The van der Waals surface area contributed by atoms with Gasteiger partial charge in [0.15, 0.2) is 0 Å². The first-order valence-corrected chi connectivity index (χ1v) is 11.3. The molecule has 8 rings (SSSR count). The van der Waals surface area contributed by atoms with Crippen molar-refractivity contribution < 1.29 is 0 Å². The Kier molecular flexibility index (Phi) is 2.90. The van der Waals surface area contributed by atoms with E-state index in [1.54, 1.807) is 0 Å². The lowest BCUT2D eigenvalue weighted by molar-refractivity contribution is 0.808. The van der Waals surface area contributed by atoms with E-state index in [9.17, 15) is 0 Å². The van der Waals surface area contributed by atoms with Crippen molar-refractivity contribution in [3.05, 3.63) is 123 Å². The Hall–Kier alpha value is -2.55. The van der Waals surface area contributed by atoms with E-state index in [1.807, 2.05) is 23.1 Å². The summed E-state index contributed by atoms with van der Waals surface area (Å²) in [6.07, 6.45) is 0. The van der Waals surface area contributed by atoms with Gasteiger partial charge in [-0.05, 0) is 44.8 Å². The van der Waals surface area contributed by atoms with Gasteiger partial charge in [-0.25, -0.2) is 0 Å². The van der Waals surface area contributed by atoms with Crippen molar-refractivity contribution in [1.29, 1.82) is 0 Å². The third kappa shape index (κ3) is 1.66. The first-order valence-electron chi connectivity index (χ1n) is 9.65. The van der Waals surface area contributed by atoms with Crippen molar-refractivity contribution in [3.63, 3.8) is 0 Å². The van der Waals surface area contributed by atoms with Crippen molar-refractivity contribution >= 4 is 34.2 Å².